The molecular formula is C12H22N4O2S. The first-order chi connectivity index (χ1) is 8.86. The molecule has 0 radical (unpaired) electrons. The molecule has 19 heavy (non-hydrogen) atoms. The van der Waals surface area contributed by atoms with E-state index in [1.165, 1.54) is 6.20 Å². The van der Waals surface area contributed by atoms with Gasteiger partial charge < -0.3 is 5.73 Å². The summed E-state index contributed by atoms with van der Waals surface area (Å²) < 4.78 is 29.1. The topological polar surface area (TPSA) is 90.0 Å². The van der Waals surface area contributed by atoms with Crippen LogP contribution in [0.2, 0.25) is 0 Å². The van der Waals surface area contributed by atoms with Crippen molar-refractivity contribution in [2.45, 2.75) is 62.9 Å². The van der Waals surface area contributed by atoms with Crippen LogP contribution in [-0.2, 0) is 16.6 Å². The van der Waals surface area contributed by atoms with E-state index in [2.05, 4.69) is 9.82 Å². The van der Waals surface area contributed by atoms with E-state index in [1.54, 1.807) is 4.68 Å². The van der Waals surface area contributed by atoms with Gasteiger partial charge in [0.2, 0.25) is 10.0 Å². The van der Waals surface area contributed by atoms with E-state index in [9.17, 15) is 8.42 Å². The molecule has 1 aliphatic carbocycles. The van der Waals surface area contributed by atoms with Gasteiger partial charge in [0.05, 0.1) is 0 Å². The van der Waals surface area contributed by atoms with Crippen molar-refractivity contribution in [1.82, 2.24) is 14.5 Å². The predicted molar refractivity (Wildman–Crippen MR) is 74.1 cm³/mol. The highest BCUT2D eigenvalue weighted by atomic mass is 32.2. The molecule has 1 aromatic heterocycles. The van der Waals surface area contributed by atoms with Crippen molar-refractivity contribution < 1.29 is 8.42 Å². The lowest BCUT2D eigenvalue weighted by Crippen LogP contribution is -2.43. The van der Waals surface area contributed by atoms with Crippen molar-refractivity contribution >= 4 is 15.8 Å². The molecule has 0 unspecified atom stereocenters. The third-order valence-corrected chi connectivity index (χ3v) is 5.24. The zero-order valence-electron chi connectivity index (χ0n) is 11.5. The third kappa shape index (κ3) is 3.09. The average molecular weight is 286 g/mol. The summed E-state index contributed by atoms with van der Waals surface area (Å²) in [7, 11) is -3.59. The van der Waals surface area contributed by atoms with Crippen molar-refractivity contribution in [3.05, 3.63) is 6.20 Å². The monoisotopic (exact) mass is 286 g/mol. The fourth-order valence-corrected chi connectivity index (χ4v) is 4.14. The van der Waals surface area contributed by atoms with Gasteiger partial charge in [0.1, 0.15) is 4.90 Å². The predicted octanol–water partition coefficient (Wildman–Crippen LogP) is 1.49. The Morgan fingerprint density at radius 2 is 2.11 bits per heavy atom. The molecule has 1 aliphatic rings. The van der Waals surface area contributed by atoms with Crippen LogP contribution in [0.25, 0.3) is 0 Å². The molecule has 108 valence electrons. The highest BCUT2D eigenvalue weighted by Gasteiger charge is 2.35. The Balaban J connectivity index is 2.24. The maximum absolute atomic E-state index is 12.4. The van der Waals surface area contributed by atoms with Crippen LogP contribution in [0.15, 0.2) is 11.1 Å². The minimum absolute atomic E-state index is 0.0718. The van der Waals surface area contributed by atoms with Crippen LogP contribution >= 0.6 is 0 Å². The second-order valence-electron chi connectivity index (χ2n) is 5.51. The number of aromatic nitrogens is 2. The summed E-state index contributed by atoms with van der Waals surface area (Å²) in [6.07, 6.45) is 6.25. The fourth-order valence-electron chi connectivity index (χ4n) is 2.61. The molecular weight excluding hydrogens is 264 g/mol. The number of rotatable bonds is 5. The molecule has 0 aromatic carbocycles. The molecule has 7 heteroatoms. The fraction of sp³-hybridized carbons (Fsp3) is 0.750. The van der Waals surface area contributed by atoms with Crippen LogP contribution in [-0.4, -0.2) is 23.7 Å². The molecule has 1 saturated carbocycles. The standard InChI is InChI=1S/C12H22N4O2S/c1-3-8-16-9-10(11(13)14-16)19(17,18)15-12(2)6-4-5-7-12/h9,15H,3-8H2,1-2H3,(H2,13,14). The Labute approximate surface area is 114 Å². The number of nitrogens with zero attached hydrogens (tertiary/aromatic N) is 2. The van der Waals surface area contributed by atoms with Crippen molar-refractivity contribution in [2.24, 2.45) is 0 Å². The maximum atomic E-state index is 12.4. The zero-order valence-corrected chi connectivity index (χ0v) is 12.3. The Morgan fingerprint density at radius 3 is 2.68 bits per heavy atom. The molecule has 0 atom stereocenters. The molecule has 0 saturated heterocycles. The zero-order chi connectivity index (χ0) is 14.1. The Hall–Kier alpha value is -1.08. The van der Waals surface area contributed by atoms with Gasteiger partial charge in [-0.15, -0.1) is 0 Å². The van der Waals surface area contributed by atoms with E-state index in [0.29, 0.717) is 6.54 Å². The molecule has 0 bridgehead atoms. The van der Waals surface area contributed by atoms with Crippen LogP contribution in [0.1, 0.15) is 46.0 Å². The second-order valence-corrected chi connectivity index (χ2v) is 7.17. The van der Waals surface area contributed by atoms with Crippen LogP contribution in [0, 0.1) is 0 Å². The summed E-state index contributed by atoms with van der Waals surface area (Å²) in [5.74, 6) is 0.0718. The van der Waals surface area contributed by atoms with E-state index >= 15 is 0 Å². The van der Waals surface area contributed by atoms with Gasteiger partial charge in [0.15, 0.2) is 5.82 Å². The Kier molecular flexibility index (Phi) is 3.87. The summed E-state index contributed by atoms with van der Waals surface area (Å²) in [6, 6.07) is 0. The number of nitrogens with two attached hydrogens (primary N) is 1. The van der Waals surface area contributed by atoms with Crippen LogP contribution in [0.4, 0.5) is 5.82 Å². The van der Waals surface area contributed by atoms with Gasteiger partial charge in [0, 0.05) is 18.3 Å². The normalized spacial score (nSPS) is 18.8. The quantitative estimate of drug-likeness (QED) is 0.858. The van der Waals surface area contributed by atoms with E-state index in [1.807, 2.05) is 13.8 Å². The van der Waals surface area contributed by atoms with E-state index < -0.39 is 10.0 Å². The first-order valence-corrected chi connectivity index (χ1v) is 8.21. The number of nitrogen functional groups attached to an aromatic ring is 1. The summed E-state index contributed by atoms with van der Waals surface area (Å²) >= 11 is 0. The summed E-state index contributed by atoms with van der Waals surface area (Å²) in [4.78, 5) is 0.0917. The third-order valence-electron chi connectivity index (χ3n) is 3.59. The van der Waals surface area contributed by atoms with Gasteiger partial charge >= 0.3 is 0 Å². The van der Waals surface area contributed by atoms with Gasteiger partial charge in [-0.2, -0.15) is 5.10 Å². The minimum atomic E-state index is -3.59. The molecule has 6 nitrogen and oxygen atoms in total. The molecule has 0 amide bonds. The summed E-state index contributed by atoms with van der Waals surface area (Å²) in [5, 5.41) is 4.04. The van der Waals surface area contributed by atoms with Gasteiger partial charge in [-0.05, 0) is 26.2 Å². The molecule has 3 N–H and O–H groups in total. The molecule has 1 aromatic rings. The van der Waals surface area contributed by atoms with Crippen molar-refractivity contribution in [2.75, 3.05) is 5.73 Å². The number of hydrogen-bond donors (Lipinski definition) is 2. The molecule has 2 rings (SSSR count). The molecule has 1 fully saturated rings. The summed E-state index contributed by atoms with van der Waals surface area (Å²) in [5.41, 5.74) is 5.37. The van der Waals surface area contributed by atoms with Crippen LogP contribution in [0.5, 0.6) is 0 Å². The van der Waals surface area contributed by atoms with Crippen LogP contribution in [0.3, 0.4) is 0 Å². The Bertz CT molecular complexity index is 544. The average Bonchev–Trinajstić information content (AvgIpc) is 2.85. The largest absolute Gasteiger partial charge is 0.381 e. The lowest BCUT2D eigenvalue weighted by molar-refractivity contribution is 0.427. The number of hydrogen-bond acceptors (Lipinski definition) is 4. The molecule has 1 heterocycles. The van der Waals surface area contributed by atoms with Crippen molar-refractivity contribution in [3.8, 4) is 0 Å². The van der Waals surface area contributed by atoms with Crippen LogP contribution < -0.4 is 10.5 Å². The van der Waals surface area contributed by atoms with E-state index in [4.69, 9.17) is 5.73 Å². The second kappa shape index (κ2) is 5.13. The first kappa shape index (κ1) is 14.3. The number of anilines is 1. The van der Waals surface area contributed by atoms with Gasteiger partial charge in [-0.25, -0.2) is 13.1 Å². The first-order valence-electron chi connectivity index (χ1n) is 6.73. The van der Waals surface area contributed by atoms with E-state index in [0.717, 1.165) is 32.1 Å². The highest BCUT2D eigenvalue weighted by Crippen LogP contribution is 2.31. The Morgan fingerprint density at radius 1 is 1.47 bits per heavy atom. The summed E-state index contributed by atoms with van der Waals surface area (Å²) in [6.45, 7) is 4.62. The van der Waals surface area contributed by atoms with E-state index in [-0.39, 0.29) is 16.3 Å². The maximum Gasteiger partial charge on any atom is 0.246 e. The highest BCUT2D eigenvalue weighted by molar-refractivity contribution is 7.89. The lowest BCUT2D eigenvalue weighted by atomic mass is 10.0. The van der Waals surface area contributed by atoms with Gasteiger partial charge in [0.25, 0.3) is 0 Å². The number of sulfonamides is 1. The van der Waals surface area contributed by atoms with Gasteiger partial charge in [-0.3, -0.25) is 4.68 Å². The number of nitrogens with one attached hydrogen (secondary N) is 1. The molecule has 0 aliphatic heterocycles. The van der Waals surface area contributed by atoms with Crippen molar-refractivity contribution in [1.29, 1.82) is 0 Å². The minimum Gasteiger partial charge on any atom is -0.381 e. The molecule has 0 spiro atoms. The lowest BCUT2D eigenvalue weighted by Gasteiger charge is -2.24. The SMILES string of the molecule is CCCn1cc(S(=O)(=O)NC2(C)CCCC2)c(N)n1. The number of aryl methyl sites for hydroxylation is 1. The van der Waals surface area contributed by atoms with Gasteiger partial charge in [-0.1, -0.05) is 19.8 Å². The smallest absolute Gasteiger partial charge is 0.246 e. The van der Waals surface area contributed by atoms with Crippen molar-refractivity contribution in [3.63, 3.8) is 0 Å².